The SMILES string of the molecule is CCC(C)C=Nc1c(C)ncnc1NCCO. The molecule has 0 aliphatic rings. The first-order valence-corrected chi connectivity index (χ1v) is 5.89. The summed E-state index contributed by atoms with van der Waals surface area (Å²) in [4.78, 5) is 12.7. The van der Waals surface area contributed by atoms with Crippen molar-refractivity contribution in [1.82, 2.24) is 9.97 Å². The van der Waals surface area contributed by atoms with Crippen molar-refractivity contribution in [3.8, 4) is 0 Å². The zero-order valence-electron chi connectivity index (χ0n) is 10.6. The van der Waals surface area contributed by atoms with Gasteiger partial charge in [0.15, 0.2) is 5.82 Å². The van der Waals surface area contributed by atoms with E-state index in [0.29, 0.717) is 18.3 Å². The summed E-state index contributed by atoms with van der Waals surface area (Å²) in [5.74, 6) is 1.10. The van der Waals surface area contributed by atoms with E-state index >= 15 is 0 Å². The zero-order chi connectivity index (χ0) is 12.7. The van der Waals surface area contributed by atoms with Crippen molar-refractivity contribution >= 4 is 17.7 Å². The Kier molecular flexibility index (Phi) is 5.56. The smallest absolute Gasteiger partial charge is 0.155 e. The minimum absolute atomic E-state index is 0.0670. The molecule has 1 atom stereocenters. The van der Waals surface area contributed by atoms with E-state index in [1.54, 1.807) is 0 Å². The van der Waals surface area contributed by atoms with Crippen LogP contribution in [0.3, 0.4) is 0 Å². The number of aromatic nitrogens is 2. The maximum Gasteiger partial charge on any atom is 0.155 e. The van der Waals surface area contributed by atoms with Gasteiger partial charge in [-0.1, -0.05) is 13.8 Å². The van der Waals surface area contributed by atoms with Crippen LogP contribution in [0.1, 0.15) is 26.0 Å². The summed E-state index contributed by atoms with van der Waals surface area (Å²) in [6.45, 7) is 6.66. The fraction of sp³-hybridized carbons (Fsp3) is 0.583. The molecule has 94 valence electrons. The molecule has 1 rings (SSSR count). The minimum Gasteiger partial charge on any atom is -0.395 e. The highest BCUT2D eigenvalue weighted by atomic mass is 16.3. The van der Waals surface area contributed by atoms with Crippen molar-refractivity contribution in [1.29, 1.82) is 0 Å². The molecule has 1 aromatic rings. The fourth-order valence-electron chi connectivity index (χ4n) is 1.23. The molecule has 1 aromatic heterocycles. The van der Waals surface area contributed by atoms with Gasteiger partial charge in [0.25, 0.3) is 0 Å². The van der Waals surface area contributed by atoms with E-state index in [9.17, 15) is 0 Å². The molecule has 1 heterocycles. The summed E-state index contributed by atoms with van der Waals surface area (Å²) >= 11 is 0. The number of nitrogens with one attached hydrogen (secondary N) is 1. The van der Waals surface area contributed by atoms with Crippen molar-refractivity contribution in [2.75, 3.05) is 18.5 Å². The number of aliphatic hydroxyl groups is 1. The van der Waals surface area contributed by atoms with Gasteiger partial charge in [-0.25, -0.2) is 9.97 Å². The third-order valence-electron chi connectivity index (χ3n) is 2.51. The van der Waals surface area contributed by atoms with Gasteiger partial charge in [0.1, 0.15) is 12.0 Å². The number of hydrogen-bond acceptors (Lipinski definition) is 5. The Hall–Kier alpha value is -1.49. The van der Waals surface area contributed by atoms with E-state index in [1.165, 1.54) is 6.33 Å². The molecular formula is C12H20N4O. The number of anilines is 1. The van der Waals surface area contributed by atoms with E-state index in [2.05, 4.69) is 34.1 Å². The third-order valence-corrected chi connectivity index (χ3v) is 2.51. The van der Waals surface area contributed by atoms with Crippen molar-refractivity contribution < 1.29 is 5.11 Å². The highest BCUT2D eigenvalue weighted by molar-refractivity contribution is 5.72. The third kappa shape index (κ3) is 4.11. The van der Waals surface area contributed by atoms with Gasteiger partial charge in [-0.05, 0) is 19.3 Å². The Morgan fingerprint density at radius 2 is 2.29 bits per heavy atom. The van der Waals surface area contributed by atoms with Crippen LogP contribution in [-0.2, 0) is 0 Å². The number of rotatable bonds is 6. The molecule has 17 heavy (non-hydrogen) atoms. The van der Waals surface area contributed by atoms with Crippen molar-refractivity contribution in [3.63, 3.8) is 0 Å². The van der Waals surface area contributed by atoms with Gasteiger partial charge in [-0.2, -0.15) is 0 Å². The van der Waals surface area contributed by atoms with Crippen LogP contribution in [0.15, 0.2) is 11.3 Å². The molecule has 0 saturated heterocycles. The van der Waals surface area contributed by atoms with Crippen LogP contribution in [0.2, 0.25) is 0 Å². The second kappa shape index (κ2) is 6.96. The first kappa shape index (κ1) is 13.6. The van der Waals surface area contributed by atoms with Crippen molar-refractivity contribution in [3.05, 3.63) is 12.0 Å². The van der Waals surface area contributed by atoms with Crippen LogP contribution in [0.5, 0.6) is 0 Å². The lowest BCUT2D eigenvalue weighted by atomic mass is 10.1. The molecule has 5 nitrogen and oxygen atoms in total. The van der Waals surface area contributed by atoms with Gasteiger partial charge in [-0.15, -0.1) is 0 Å². The predicted molar refractivity (Wildman–Crippen MR) is 70.0 cm³/mol. The molecule has 1 unspecified atom stereocenters. The summed E-state index contributed by atoms with van der Waals surface area (Å²) in [5, 5.41) is 11.8. The van der Waals surface area contributed by atoms with E-state index < -0.39 is 0 Å². The highest BCUT2D eigenvalue weighted by Gasteiger charge is 2.06. The first-order valence-electron chi connectivity index (χ1n) is 5.89. The maximum atomic E-state index is 8.80. The molecular weight excluding hydrogens is 216 g/mol. The molecule has 0 amide bonds. The van der Waals surface area contributed by atoms with Gasteiger partial charge in [0.05, 0.1) is 12.3 Å². The summed E-state index contributed by atoms with van der Waals surface area (Å²) in [6.07, 6.45) is 4.46. The quantitative estimate of drug-likeness (QED) is 0.740. The first-order chi connectivity index (χ1) is 8.19. The molecule has 0 bridgehead atoms. The summed E-state index contributed by atoms with van der Waals surface area (Å²) in [6, 6.07) is 0. The lowest BCUT2D eigenvalue weighted by molar-refractivity contribution is 0.311. The second-order valence-electron chi connectivity index (χ2n) is 3.97. The Morgan fingerprint density at radius 3 is 2.94 bits per heavy atom. The number of aliphatic imine (C=N–C) groups is 1. The Bertz CT molecular complexity index is 379. The molecule has 0 radical (unpaired) electrons. The lowest BCUT2D eigenvalue weighted by Gasteiger charge is -2.08. The van der Waals surface area contributed by atoms with Gasteiger partial charge < -0.3 is 10.4 Å². The molecule has 0 aromatic carbocycles. The van der Waals surface area contributed by atoms with Gasteiger partial charge in [0, 0.05) is 12.8 Å². The van der Waals surface area contributed by atoms with E-state index in [-0.39, 0.29) is 6.61 Å². The normalized spacial score (nSPS) is 12.9. The van der Waals surface area contributed by atoms with Crippen molar-refractivity contribution in [2.24, 2.45) is 10.9 Å². The molecule has 0 aliphatic carbocycles. The van der Waals surface area contributed by atoms with Crippen LogP contribution in [0.25, 0.3) is 0 Å². The average molecular weight is 236 g/mol. The number of aliphatic hydroxyl groups excluding tert-OH is 1. The monoisotopic (exact) mass is 236 g/mol. The maximum absolute atomic E-state index is 8.80. The van der Waals surface area contributed by atoms with E-state index in [4.69, 9.17) is 5.11 Å². The number of nitrogens with zero attached hydrogens (tertiary/aromatic N) is 3. The van der Waals surface area contributed by atoms with Gasteiger partial charge in [-0.3, -0.25) is 4.99 Å². The summed E-state index contributed by atoms with van der Waals surface area (Å²) < 4.78 is 0. The number of hydrogen-bond donors (Lipinski definition) is 2. The van der Waals surface area contributed by atoms with Crippen molar-refractivity contribution in [2.45, 2.75) is 27.2 Å². The molecule has 2 N–H and O–H groups in total. The molecule has 0 saturated carbocycles. The van der Waals surface area contributed by atoms with Crippen LogP contribution in [0, 0.1) is 12.8 Å². The Labute approximate surface area is 102 Å². The number of aryl methyl sites for hydroxylation is 1. The van der Waals surface area contributed by atoms with Gasteiger partial charge >= 0.3 is 0 Å². The Balaban J connectivity index is 2.90. The summed E-state index contributed by atoms with van der Waals surface area (Å²) in [5.41, 5.74) is 1.58. The molecule has 0 spiro atoms. The zero-order valence-corrected chi connectivity index (χ0v) is 10.6. The van der Waals surface area contributed by atoms with Crippen LogP contribution in [-0.4, -0.2) is 34.4 Å². The largest absolute Gasteiger partial charge is 0.395 e. The highest BCUT2D eigenvalue weighted by Crippen LogP contribution is 2.24. The van der Waals surface area contributed by atoms with Gasteiger partial charge in [0.2, 0.25) is 0 Å². The molecule has 5 heteroatoms. The minimum atomic E-state index is 0.0670. The Morgan fingerprint density at radius 1 is 1.53 bits per heavy atom. The van der Waals surface area contributed by atoms with Crippen LogP contribution < -0.4 is 5.32 Å². The lowest BCUT2D eigenvalue weighted by Crippen LogP contribution is -2.08. The standard InChI is InChI=1S/C12H20N4O/c1-4-9(2)7-14-11-10(3)15-8-16-12(11)13-5-6-17/h7-9,17H,4-6H2,1-3H3,(H,13,15,16). The van der Waals surface area contributed by atoms with E-state index in [0.717, 1.165) is 17.8 Å². The predicted octanol–water partition coefficient (Wildman–Crippen LogP) is 1.94. The fourth-order valence-corrected chi connectivity index (χ4v) is 1.23. The van der Waals surface area contributed by atoms with Crippen LogP contribution in [0.4, 0.5) is 11.5 Å². The second-order valence-corrected chi connectivity index (χ2v) is 3.97. The summed E-state index contributed by atoms with van der Waals surface area (Å²) in [7, 11) is 0. The molecule has 0 aliphatic heterocycles. The van der Waals surface area contributed by atoms with Crippen LogP contribution >= 0.6 is 0 Å². The molecule has 0 fully saturated rings. The average Bonchev–Trinajstić information content (AvgIpc) is 2.34. The van der Waals surface area contributed by atoms with E-state index in [1.807, 2.05) is 13.1 Å². The topological polar surface area (TPSA) is 70.4 Å².